The van der Waals surface area contributed by atoms with Crippen molar-refractivity contribution in [3.63, 3.8) is 0 Å². The van der Waals surface area contributed by atoms with E-state index in [2.05, 4.69) is 5.32 Å². The van der Waals surface area contributed by atoms with Gasteiger partial charge in [0, 0.05) is 25.4 Å². The number of aromatic carboxylic acids is 1. The van der Waals surface area contributed by atoms with Gasteiger partial charge in [-0.1, -0.05) is 12.1 Å². The molecule has 5 nitrogen and oxygen atoms in total. The zero-order valence-electron chi connectivity index (χ0n) is 11.9. The van der Waals surface area contributed by atoms with Crippen LogP contribution in [0.4, 0.5) is 4.79 Å². The number of nitrogens with zero attached hydrogens (tertiary/aromatic N) is 1. The molecule has 0 spiro atoms. The fourth-order valence-electron chi connectivity index (χ4n) is 2.23. The van der Waals surface area contributed by atoms with Crippen LogP contribution in [0.2, 0.25) is 0 Å². The van der Waals surface area contributed by atoms with Gasteiger partial charge in [-0.2, -0.15) is 11.8 Å². The van der Waals surface area contributed by atoms with E-state index < -0.39 is 5.97 Å². The van der Waals surface area contributed by atoms with E-state index in [0.29, 0.717) is 13.0 Å². The molecule has 2 N–H and O–H groups in total. The molecule has 21 heavy (non-hydrogen) atoms. The van der Waals surface area contributed by atoms with Crippen LogP contribution in [0.15, 0.2) is 24.3 Å². The maximum Gasteiger partial charge on any atom is 0.335 e. The second kappa shape index (κ2) is 7.93. The van der Waals surface area contributed by atoms with Crippen molar-refractivity contribution in [1.82, 2.24) is 10.2 Å². The highest BCUT2D eigenvalue weighted by atomic mass is 32.2. The molecule has 1 heterocycles. The lowest BCUT2D eigenvalue weighted by Crippen LogP contribution is -2.41. The fourth-order valence-corrected chi connectivity index (χ4v) is 3.12. The second-order valence-corrected chi connectivity index (χ2v) is 6.17. The Bertz CT molecular complexity index is 499. The number of nitrogens with one attached hydrogen (secondary N) is 1. The number of benzene rings is 1. The van der Waals surface area contributed by atoms with Crippen LogP contribution in [0.25, 0.3) is 0 Å². The van der Waals surface area contributed by atoms with Gasteiger partial charge in [0.25, 0.3) is 0 Å². The minimum Gasteiger partial charge on any atom is -0.478 e. The number of amides is 2. The number of hydrogen-bond acceptors (Lipinski definition) is 3. The predicted molar refractivity (Wildman–Crippen MR) is 84.0 cm³/mol. The summed E-state index contributed by atoms with van der Waals surface area (Å²) >= 11 is 1.88. The van der Waals surface area contributed by atoms with Crippen molar-refractivity contribution in [1.29, 1.82) is 0 Å². The van der Waals surface area contributed by atoms with Gasteiger partial charge in [0.05, 0.1) is 5.56 Å². The van der Waals surface area contributed by atoms with Crippen LogP contribution in [0.3, 0.4) is 0 Å². The molecular formula is C15H20N2O3S. The van der Waals surface area contributed by atoms with Gasteiger partial charge >= 0.3 is 12.0 Å². The summed E-state index contributed by atoms with van der Waals surface area (Å²) in [5, 5.41) is 11.8. The Kier molecular flexibility index (Phi) is 5.92. The number of thioether (sulfide) groups is 1. The molecule has 0 radical (unpaired) electrons. The third kappa shape index (κ3) is 4.97. The average molecular weight is 308 g/mol. The SMILES string of the molecule is O=C(O)c1cccc(CCNC(=O)N2CCCSCC2)c1. The van der Waals surface area contributed by atoms with E-state index in [9.17, 15) is 9.59 Å². The Hall–Kier alpha value is -1.69. The zero-order chi connectivity index (χ0) is 15.1. The molecule has 0 bridgehead atoms. The third-order valence-corrected chi connectivity index (χ3v) is 4.42. The topological polar surface area (TPSA) is 69.6 Å². The molecule has 1 aromatic carbocycles. The molecule has 0 aliphatic carbocycles. The molecule has 1 aliphatic rings. The van der Waals surface area contributed by atoms with Crippen LogP contribution in [-0.4, -0.2) is 53.1 Å². The largest absolute Gasteiger partial charge is 0.478 e. The van der Waals surface area contributed by atoms with Crippen LogP contribution < -0.4 is 5.32 Å². The van der Waals surface area contributed by atoms with Crippen molar-refractivity contribution in [2.75, 3.05) is 31.1 Å². The predicted octanol–water partition coefficient (Wildman–Crippen LogP) is 2.08. The lowest BCUT2D eigenvalue weighted by molar-refractivity contribution is 0.0696. The molecule has 6 heteroatoms. The van der Waals surface area contributed by atoms with Crippen LogP contribution in [-0.2, 0) is 6.42 Å². The zero-order valence-corrected chi connectivity index (χ0v) is 12.7. The number of carboxylic acids is 1. The normalized spacial score (nSPS) is 15.3. The monoisotopic (exact) mass is 308 g/mol. The number of hydrogen-bond donors (Lipinski definition) is 2. The summed E-state index contributed by atoms with van der Waals surface area (Å²) in [5.74, 6) is 1.18. The molecule has 2 rings (SSSR count). The maximum atomic E-state index is 12.0. The van der Waals surface area contributed by atoms with Gasteiger partial charge in [0.15, 0.2) is 0 Å². The van der Waals surface area contributed by atoms with Crippen LogP contribution >= 0.6 is 11.8 Å². The Morgan fingerprint density at radius 2 is 2.14 bits per heavy atom. The molecule has 2 amide bonds. The molecule has 1 saturated heterocycles. The van der Waals surface area contributed by atoms with Crippen molar-refractivity contribution < 1.29 is 14.7 Å². The minimum absolute atomic E-state index is 0.0214. The highest BCUT2D eigenvalue weighted by Gasteiger charge is 2.14. The second-order valence-electron chi connectivity index (χ2n) is 4.94. The number of carboxylic acid groups (broad SMARTS) is 1. The van der Waals surface area contributed by atoms with Gasteiger partial charge in [0.1, 0.15) is 0 Å². The minimum atomic E-state index is -0.928. The van der Waals surface area contributed by atoms with Crippen molar-refractivity contribution in [2.45, 2.75) is 12.8 Å². The van der Waals surface area contributed by atoms with Crippen molar-refractivity contribution in [3.8, 4) is 0 Å². The lowest BCUT2D eigenvalue weighted by Gasteiger charge is -2.20. The first-order chi connectivity index (χ1) is 10.2. The summed E-state index contributed by atoms with van der Waals surface area (Å²) in [7, 11) is 0. The molecule has 0 unspecified atom stereocenters. The summed E-state index contributed by atoms with van der Waals surface area (Å²) in [5.41, 5.74) is 1.20. The summed E-state index contributed by atoms with van der Waals surface area (Å²) < 4.78 is 0. The highest BCUT2D eigenvalue weighted by Crippen LogP contribution is 2.10. The first-order valence-corrected chi connectivity index (χ1v) is 8.25. The van der Waals surface area contributed by atoms with Crippen molar-refractivity contribution >= 4 is 23.8 Å². The summed E-state index contributed by atoms with van der Waals surface area (Å²) in [6, 6.07) is 6.80. The van der Waals surface area contributed by atoms with Gasteiger partial charge in [-0.05, 0) is 36.3 Å². The van der Waals surface area contributed by atoms with Crippen LogP contribution in [0, 0.1) is 0 Å². The van der Waals surface area contributed by atoms with Gasteiger partial charge in [0.2, 0.25) is 0 Å². The average Bonchev–Trinajstić information content (AvgIpc) is 2.76. The van der Waals surface area contributed by atoms with Crippen LogP contribution in [0.1, 0.15) is 22.3 Å². The first-order valence-electron chi connectivity index (χ1n) is 7.09. The van der Waals surface area contributed by atoms with E-state index in [1.807, 2.05) is 22.7 Å². The van der Waals surface area contributed by atoms with E-state index in [0.717, 1.165) is 36.6 Å². The van der Waals surface area contributed by atoms with Gasteiger partial charge < -0.3 is 15.3 Å². The lowest BCUT2D eigenvalue weighted by atomic mass is 10.1. The standard InChI is InChI=1S/C15H20N2O3S/c18-14(19)13-4-1-3-12(11-13)5-6-16-15(20)17-7-2-9-21-10-8-17/h1,3-4,11H,2,5-10H2,(H,16,20)(H,18,19). The van der Waals surface area contributed by atoms with Gasteiger partial charge in [-0.3, -0.25) is 0 Å². The number of carbonyl (C=O) groups is 2. The quantitative estimate of drug-likeness (QED) is 0.893. The highest BCUT2D eigenvalue weighted by molar-refractivity contribution is 7.99. The van der Waals surface area contributed by atoms with E-state index >= 15 is 0 Å². The van der Waals surface area contributed by atoms with E-state index in [1.54, 1.807) is 18.2 Å². The van der Waals surface area contributed by atoms with E-state index in [1.165, 1.54) is 0 Å². The summed E-state index contributed by atoms with van der Waals surface area (Å²) in [6.45, 7) is 2.13. The number of urea groups is 1. The molecule has 0 atom stereocenters. The van der Waals surface area contributed by atoms with Crippen molar-refractivity contribution in [3.05, 3.63) is 35.4 Å². The Labute approximate surface area is 128 Å². The molecule has 1 fully saturated rings. The smallest absolute Gasteiger partial charge is 0.335 e. The van der Waals surface area contributed by atoms with Gasteiger partial charge in [-0.25, -0.2) is 9.59 Å². The molecule has 0 aromatic heterocycles. The first kappa shape index (κ1) is 15.7. The summed E-state index contributed by atoms with van der Waals surface area (Å²) in [4.78, 5) is 24.8. The Morgan fingerprint density at radius 3 is 2.95 bits per heavy atom. The Balaban J connectivity index is 1.79. The van der Waals surface area contributed by atoms with Crippen molar-refractivity contribution in [2.24, 2.45) is 0 Å². The van der Waals surface area contributed by atoms with Gasteiger partial charge in [-0.15, -0.1) is 0 Å². The number of carbonyl (C=O) groups excluding carboxylic acids is 1. The van der Waals surface area contributed by atoms with E-state index in [-0.39, 0.29) is 11.6 Å². The van der Waals surface area contributed by atoms with Crippen LogP contribution in [0.5, 0.6) is 0 Å². The fraction of sp³-hybridized carbons (Fsp3) is 0.467. The van der Waals surface area contributed by atoms with E-state index in [4.69, 9.17) is 5.11 Å². The molecule has 114 valence electrons. The summed E-state index contributed by atoms with van der Waals surface area (Å²) in [6.07, 6.45) is 1.67. The number of rotatable bonds is 4. The maximum absolute atomic E-state index is 12.0. The Morgan fingerprint density at radius 1 is 1.29 bits per heavy atom. The third-order valence-electron chi connectivity index (χ3n) is 3.37. The molecule has 1 aliphatic heterocycles. The molecule has 0 saturated carbocycles. The molecule has 1 aromatic rings. The molecular weight excluding hydrogens is 288 g/mol.